The summed E-state index contributed by atoms with van der Waals surface area (Å²) in [5, 5.41) is 15.1. The Morgan fingerprint density at radius 2 is 1.82 bits per heavy atom. The first-order chi connectivity index (χ1) is 13.8. The molecule has 2 aromatic carbocycles. The van der Waals surface area contributed by atoms with Crippen LogP contribution in [-0.2, 0) is 13.0 Å². The van der Waals surface area contributed by atoms with Crippen LogP contribution in [0, 0.1) is 11.8 Å². The lowest BCUT2D eigenvalue weighted by atomic mass is 9.78. The maximum Gasteiger partial charge on any atom is 0.245 e. The molecule has 1 aliphatic carbocycles. The fourth-order valence-corrected chi connectivity index (χ4v) is 5.12. The molecule has 2 atom stereocenters. The van der Waals surface area contributed by atoms with E-state index in [1.54, 1.807) is 7.11 Å². The van der Waals surface area contributed by atoms with Gasteiger partial charge in [-0.2, -0.15) is 0 Å². The van der Waals surface area contributed by atoms with E-state index in [0.717, 1.165) is 55.0 Å². The van der Waals surface area contributed by atoms with E-state index in [1.165, 1.54) is 36.6 Å². The van der Waals surface area contributed by atoms with E-state index in [1.807, 2.05) is 4.68 Å². The lowest BCUT2D eigenvalue weighted by Crippen LogP contribution is -2.44. The Balaban J connectivity index is 1.36. The molecule has 5 rings (SSSR count). The average Bonchev–Trinajstić information content (AvgIpc) is 3.20. The van der Waals surface area contributed by atoms with Crippen LogP contribution in [0.5, 0.6) is 5.75 Å². The monoisotopic (exact) mass is 377 g/mol. The molecule has 0 N–H and O–H groups in total. The Morgan fingerprint density at radius 1 is 1.04 bits per heavy atom. The first-order valence-corrected chi connectivity index (χ1v) is 10.4. The zero-order chi connectivity index (χ0) is 18.9. The summed E-state index contributed by atoms with van der Waals surface area (Å²) in [7, 11) is 1.72. The normalized spacial score (nSPS) is 21.8. The topological polar surface area (TPSA) is 56.1 Å². The highest BCUT2D eigenvalue weighted by atomic mass is 16.5. The van der Waals surface area contributed by atoms with Gasteiger partial charge in [0.1, 0.15) is 5.75 Å². The number of hydrogen-bond acceptors (Lipinski definition) is 5. The van der Waals surface area contributed by atoms with E-state index in [2.05, 4.69) is 56.8 Å². The number of aryl methyl sites for hydroxylation is 2. The summed E-state index contributed by atoms with van der Waals surface area (Å²) in [5.74, 6) is 3.48. The van der Waals surface area contributed by atoms with Gasteiger partial charge in [0.25, 0.3) is 0 Å². The van der Waals surface area contributed by atoms with Crippen molar-refractivity contribution in [3.05, 3.63) is 42.0 Å². The van der Waals surface area contributed by atoms with Crippen molar-refractivity contribution in [2.45, 2.75) is 38.6 Å². The number of tetrazole rings is 1. The summed E-state index contributed by atoms with van der Waals surface area (Å²) in [6.07, 6.45) is 6.37. The number of benzene rings is 2. The van der Waals surface area contributed by atoms with Crippen LogP contribution in [0.4, 0.5) is 5.95 Å². The summed E-state index contributed by atoms with van der Waals surface area (Å²) in [6, 6.07) is 12.6. The second-order valence-corrected chi connectivity index (χ2v) is 8.23. The van der Waals surface area contributed by atoms with Crippen molar-refractivity contribution in [1.82, 2.24) is 20.2 Å². The minimum atomic E-state index is 0.782. The predicted molar refractivity (Wildman–Crippen MR) is 110 cm³/mol. The van der Waals surface area contributed by atoms with Gasteiger partial charge in [0, 0.05) is 18.5 Å². The molecule has 6 nitrogen and oxygen atoms in total. The fraction of sp³-hybridized carbons (Fsp3) is 0.500. The van der Waals surface area contributed by atoms with E-state index < -0.39 is 0 Å². The van der Waals surface area contributed by atoms with Crippen molar-refractivity contribution in [3.63, 3.8) is 0 Å². The van der Waals surface area contributed by atoms with E-state index in [0.29, 0.717) is 0 Å². The standard InChI is InChI=1S/C22H27N5O/c1-28-21-10-9-18(19-7-2-3-8-20(19)21)11-12-27-22(23-24-25-27)26-14-16-5-4-6-17(13-16)15-26/h2-3,7-10,16-17H,4-6,11-15H2,1H3. The largest absolute Gasteiger partial charge is 0.496 e. The summed E-state index contributed by atoms with van der Waals surface area (Å²) >= 11 is 0. The molecule has 0 amide bonds. The maximum atomic E-state index is 5.52. The van der Waals surface area contributed by atoms with Crippen LogP contribution < -0.4 is 9.64 Å². The van der Waals surface area contributed by atoms with Gasteiger partial charge < -0.3 is 9.64 Å². The molecular formula is C22H27N5O. The van der Waals surface area contributed by atoms with Crippen molar-refractivity contribution >= 4 is 16.7 Å². The van der Waals surface area contributed by atoms with Gasteiger partial charge >= 0.3 is 0 Å². The van der Waals surface area contributed by atoms with Crippen molar-refractivity contribution in [3.8, 4) is 5.75 Å². The summed E-state index contributed by atoms with van der Waals surface area (Å²) < 4.78 is 7.51. The summed E-state index contributed by atoms with van der Waals surface area (Å²) in [6.45, 7) is 2.98. The Labute approximate surface area is 165 Å². The number of hydrogen-bond donors (Lipinski definition) is 0. The molecule has 2 bridgehead atoms. The number of fused-ring (bicyclic) bond motifs is 3. The number of nitrogens with zero attached hydrogens (tertiary/aromatic N) is 5. The predicted octanol–water partition coefficient (Wildman–Crippen LogP) is 3.70. The van der Waals surface area contributed by atoms with Gasteiger partial charge in [0.15, 0.2) is 0 Å². The SMILES string of the molecule is COc1ccc(CCn2nnnc2N2CC3CCCC(C3)C2)c2ccccc12. The average molecular weight is 377 g/mol. The van der Waals surface area contributed by atoms with Crippen LogP contribution in [0.2, 0.25) is 0 Å². The van der Waals surface area contributed by atoms with Crippen LogP contribution in [0.15, 0.2) is 36.4 Å². The Morgan fingerprint density at radius 3 is 2.61 bits per heavy atom. The van der Waals surface area contributed by atoms with Gasteiger partial charge in [-0.1, -0.05) is 41.9 Å². The smallest absolute Gasteiger partial charge is 0.245 e. The molecule has 0 radical (unpaired) electrons. The number of anilines is 1. The van der Waals surface area contributed by atoms with Crippen LogP contribution in [-0.4, -0.2) is 40.4 Å². The molecular weight excluding hydrogens is 350 g/mol. The highest BCUT2D eigenvalue weighted by Crippen LogP contribution is 2.35. The molecule has 3 aromatic rings. The summed E-state index contributed by atoms with van der Waals surface area (Å²) in [4.78, 5) is 2.42. The molecule has 2 fully saturated rings. The van der Waals surface area contributed by atoms with E-state index >= 15 is 0 Å². The third kappa shape index (κ3) is 3.21. The van der Waals surface area contributed by atoms with Crippen molar-refractivity contribution < 1.29 is 4.74 Å². The second-order valence-electron chi connectivity index (χ2n) is 8.23. The lowest BCUT2D eigenvalue weighted by Gasteiger charge is -2.41. The summed E-state index contributed by atoms with van der Waals surface area (Å²) in [5.41, 5.74) is 1.30. The Hall–Kier alpha value is -2.63. The van der Waals surface area contributed by atoms with Gasteiger partial charge in [-0.3, -0.25) is 0 Å². The second kappa shape index (κ2) is 7.41. The molecule has 0 spiro atoms. The highest BCUT2D eigenvalue weighted by Gasteiger charge is 2.32. The maximum absolute atomic E-state index is 5.52. The minimum absolute atomic E-state index is 0.782. The number of ether oxygens (including phenoxy) is 1. The first kappa shape index (κ1) is 17.5. The highest BCUT2D eigenvalue weighted by molar-refractivity contribution is 5.91. The van der Waals surface area contributed by atoms with Gasteiger partial charge in [-0.15, -0.1) is 0 Å². The van der Waals surface area contributed by atoms with E-state index in [4.69, 9.17) is 4.74 Å². The van der Waals surface area contributed by atoms with Crippen LogP contribution in [0.25, 0.3) is 10.8 Å². The van der Waals surface area contributed by atoms with Gasteiger partial charge in [0.05, 0.1) is 13.7 Å². The van der Waals surface area contributed by atoms with E-state index in [-0.39, 0.29) is 0 Å². The van der Waals surface area contributed by atoms with Crippen molar-refractivity contribution in [1.29, 1.82) is 0 Å². The quantitative estimate of drug-likeness (QED) is 0.678. The third-order valence-electron chi connectivity index (χ3n) is 6.43. The van der Waals surface area contributed by atoms with Crippen LogP contribution in [0.3, 0.4) is 0 Å². The lowest BCUT2D eigenvalue weighted by molar-refractivity contribution is 0.228. The molecule has 6 heteroatoms. The number of piperidine rings is 1. The molecule has 2 unspecified atom stereocenters. The van der Waals surface area contributed by atoms with Crippen molar-refractivity contribution in [2.75, 3.05) is 25.1 Å². The molecule has 1 aliphatic heterocycles. The zero-order valence-electron chi connectivity index (χ0n) is 16.4. The van der Waals surface area contributed by atoms with Gasteiger partial charge in [0.2, 0.25) is 5.95 Å². The Bertz CT molecular complexity index is 956. The molecule has 2 aliphatic rings. The van der Waals surface area contributed by atoms with Crippen molar-refractivity contribution in [2.24, 2.45) is 11.8 Å². The van der Waals surface area contributed by atoms with E-state index in [9.17, 15) is 0 Å². The van der Waals surface area contributed by atoms with Crippen LogP contribution in [0.1, 0.15) is 31.2 Å². The number of aromatic nitrogens is 4. The molecule has 1 saturated heterocycles. The minimum Gasteiger partial charge on any atom is -0.496 e. The molecule has 1 aromatic heterocycles. The third-order valence-corrected chi connectivity index (χ3v) is 6.43. The number of methoxy groups -OCH3 is 1. The molecule has 1 saturated carbocycles. The number of rotatable bonds is 5. The fourth-order valence-electron chi connectivity index (χ4n) is 5.12. The van der Waals surface area contributed by atoms with Gasteiger partial charge in [-0.05, 0) is 65.0 Å². The zero-order valence-corrected chi connectivity index (χ0v) is 16.4. The molecule has 146 valence electrons. The first-order valence-electron chi connectivity index (χ1n) is 10.4. The Kier molecular flexibility index (Phi) is 4.63. The molecule has 28 heavy (non-hydrogen) atoms. The van der Waals surface area contributed by atoms with Crippen LogP contribution >= 0.6 is 0 Å². The van der Waals surface area contributed by atoms with Gasteiger partial charge in [-0.25, -0.2) is 4.68 Å². The molecule has 2 heterocycles.